The minimum Gasteiger partial charge on any atom is -0.480 e. The average molecular weight is 296 g/mol. The molecular formula is C16H28N2O3. The highest BCUT2D eigenvalue weighted by Gasteiger charge is 2.42. The van der Waals surface area contributed by atoms with E-state index < -0.39 is 12.0 Å². The zero-order valence-electron chi connectivity index (χ0n) is 13.4. The SMILES string of the molecule is CC=C[C@@H]1C[C@H](C(=O)O)N[C@H]1[C@@H](NC(C)=O)C(CC)CC. The number of rotatable bonds is 7. The van der Waals surface area contributed by atoms with Crippen LogP contribution in [0.3, 0.4) is 0 Å². The van der Waals surface area contributed by atoms with Crippen LogP contribution >= 0.6 is 0 Å². The smallest absolute Gasteiger partial charge is 0.320 e. The Labute approximate surface area is 127 Å². The number of amides is 1. The predicted molar refractivity (Wildman–Crippen MR) is 82.9 cm³/mol. The number of hydrogen-bond acceptors (Lipinski definition) is 3. The fraction of sp³-hybridized carbons (Fsp3) is 0.750. The lowest BCUT2D eigenvalue weighted by atomic mass is 9.83. The Kier molecular flexibility index (Phi) is 6.89. The molecule has 0 aromatic carbocycles. The molecule has 1 saturated heterocycles. The summed E-state index contributed by atoms with van der Waals surface area (Å²) in [5, 5.41) is 15.5. The number of carbonyl (C=O) groups is 2. The Morgan fingerprint density at radius 3 is 2.43 bits per heavy atom. The Bertz CT molecular complexity index is 391. The summed E-state index contributed by atoms with van der Waals surface area (Å²) in [6, 6.07) is -0.610. The minimum absolute atomic E-state index is 0.0314. The first-order valence-electron chi connectivity index (χ1n) is 7.83. The van der Waals surface area contributed by atoms with Crippen LogP contribution in [0, 0.1) is 11.8 Å². The maximum atomic E-state index is 11.6. The topological polar surface area (TPSA) is 78.4 Å². The van der Waals surface area contributed by atoms with Crippen molar-refractivity contribution in [3.63, 3.8) is 0 Å². The van der Waals surface area contributed by atoms with Gasteiger partial charge in [-0.2, -0.15) is 0 Å². The van der Waals surface area contributed by atoms with Crippen LogP contribution in [0.25, 0.3) is 0 Å². The number of allylic oxidation sites excluding steroid dienone is 1. The van der Waals surface area contributed by atoms with Crippen molar-refractivity contribution in [3.8, 4) is 0 Å². The molecule has 0 saturated carbocycles. The van der Waals surface area contributed by atoms with Crippen molar-refractivity contribution in [2.24, 2.45) is 11.8 Å². The third-order valence-corrected chi connectivity index (χ3v) is 4.41. The van der Waals surface area contributed by atoms with Gasteiger partial charge in [0.25, 0.3) is 0 Å². The van der Waals surface area contributed by atoms with E-state index in [-0.39, 0.29) is 23.9 Å². The minimum atomic E-state index is -0.821. The molecule has 5 nitrogen and oxygen atoms in total. The zero-order valence-corrected chi connectivity index (χ0v) is 13.4. The molecule has 1 heterocycles. The van der Waals surface area contributed by atoms with Gasteiger partial charge < -0.3 is 10.4 Å². The molecule has 3 N–H and O–H groups in total. The van der Waals surface area contributed by atoms with E-state index in [4.69, 9.17) is 0 Å². The van der Waals surface area contributed by atoms with Crippen LogP contribution in [0.15, 0.2) is 12.2 Å². The van der Waals surface area contributed by atoms with Crippen molar-refractivity contribution in [2.75, 3.05) is 0 Å². The molecule has 0 aromatic rings. The van der Waals surface area contributed by atoms with E-state index >= 15 is 0 Å². The van der Waals surface area contributed by atoms with Gasteiger partial charge in [0.05, 0.1) is 0 Å². The van der Waals surface area contributed by atoms with Crippen molar-refractivity contribution >= 4 is 11.9 Å². The van der Waals surface area contributed by atoms with Crippen molar-refractivity contribution in [1.82, 2.24) is 10.6 Å². The van der Waals surface area contributed by atoms with E-state index in [0.29, 0.717) is 12.3 Å². The van der Waals surface area contributed by atoms with Crippen LogP contribution in [-0.2, 0) is 9.59 Å². The molecule has 5 heteroatoms. The second kappa shape index (κ2) is 8.17. The van der Waals surface area contributed by atoms with Crippen molar-refractivity contribution in [3.05, 3.63) is 12.2 Å². The zero-order chi connectivity index (χ0) is 16.0. The highest BCUT2D eigenvalue weighted by Crippen LogP contribution is 2.29. The maximum Gasteiger partial charge on any atom is 0.320 e. The molecule has 0 aromatic heterocycles. The average Bonchev–Trinajstić information content (AvgIpc) is 2.83. The first-order valence-corrected chi connectivity index (χ1v) is 7.83. The van der Waals surface area contributed by atoms with Crippen LogP contribution in [0.5, 0.6) is 0 Å². The monoisotopic (exact) mass is 296 g/mol. The Morgan fingerprint density at radius 2 is 2.00 bits per heavy atom. The van der Waals surface area contributed by atoms with Crippen LogP contribution in [-0.4, -0.2) is 35.1 Å². The molecule has 0 aliphatic carbocycles. The molecule has 1 rings (SSSR count). The molecule has 1 aliphatic heterocycles. The maximum absolute atomic E-state index is 11.6. The van der Waals surface area contributed by atoms with E-state index in [1.54, 1.807) is 0 Å². The highest BCUT2D eigenvalue weighted by atomic mass is 16.4. The Hall–Kier alpha value is -1.36. The molecule has 21 heavy (non-hydrogen) atoms. The summed E-state index contributed by atoms with van der Waals surface area (Å²) in [4.78, 5) is 22.8. The summed E-state index contributed by atoms with van der Waals surface area (Å²) >= 11 is 0. The van der Waals surface area contributed by atoms with Gasteiger partial charge in [-0.15, -0.1) is 0 Å². The molecule has 0 bridgehead atoms. The van der Waals surface area contributed by atoms with Crippen LogP contribution in [0.4, 0.5) is 0 Å². The van der Waals surface area contributed by atoms with Gasteiger partial charge in [0.2, 0.25) is 5.91 Å². The molecule has 0 radical (unpaired) electrons. The van der Waals surface area contributed by atoms with Gasteiger partial charge >= 0.3 is 5.97 Å². The van der Waals surface area contributed by atoms with Crippen LogP contribution in [0.2, 0.25) is 0 Å². The molecule has 1 amide bonds. The summed E-state index contributed by atoms with van der Waals surface area (Å²) in [5.74, 6) is -0.412. The van der Waals surface area contributed by atoms with Gasteiger partial charge in [-0.3, -0.25) is 14.9 Å². The Morgan fingerprint density at radius 1 is 1.38 bits per heavy atom. The highest BCUT2D eigenvalue weighted by molar-refractivity contribution is 5.75. The van der Waals surface area contributed by atoms with E-state index in [1.165, 1.54) is 6.92 Å². The van der Waals surface area contributed by atoms with E-state index in [9.17, 15) is 14.7 Å². The molecule has 0 spiro atoms. The fourth-order valence-corrected chi connectivity index (χ4v) is 3.36. The van der Waals surface area contributed by atoms with Crippen molar-refractivity contribution in [2.45, 2.75) is 65.1 Å². The van der Waals surface area contributed by atoms with E-state index in [2.05, 4.69) is 30.6 Å². The number of carbonyl (C=O) groups excluding carboxylic acids is 1. The lowest BCUT2D eigenvalue weighted by Crippen LogP contribution is -2.54. The van der Waals surface area contributed by atoms with Crippen LogP contribution in [0.1, 0.15) is 47.0 Å². The third kappa shape index (κ3) is 4.56. The van der Waals surface area contributed by atoms with E-state index in [1.807, 2.05) is 13.0 Å². The summed E-state index contributed by atoms with van der Waals surface area (Å²) in [7, 11) is 0. The van der Waals surface area contributed by atoms with Gasteiger partial charge in [-0.05, 0) is 25.2 Å². The number of nitrogens with one attached hydrogen (secondary N) is 2. The summed E-state index contributed by atoms with van der Waals surface area (Å²) in [5.41, 5.74) is 0. The van der Waals surface area contributed by atoms with Gasteiger partial charge in [-0.1, -0.05) is 38.8 Å². The Balaban J connectivity index is 3.01. The van der Waals surface area contributed by atoms with E-state index in [0.717, 1.165) is 12.8 Å². The molecule has 1 fully saturated rings. The number of carboxylic acid groups (broad SMARTS) is 1. The first-order chi connectivity index (χ1) is 9.94. The largest absolute Gasteiger partial charge is 0.480 e. The fourth-order valence-electron chi connectivity index (χ4n) is 3.36. The number of carboxylic acids is 1. The molecule has 0 unspecified atom stereocenters. The molecule has 4 atom stereocenters. The van der Waals surface area contributed by atoms with Gasteiger partial charge in [-0.25, -0.2) is 0 Å². The van der Waals surface area contributed by atoms with Crippen molar-refractivity contribution in [1.29, 1.82) is 0 Å². The molecule has 1 aliphatic rings. The van der Waals surface area contributed by atoms with Gasteiger partial charge in [0.15, 0.2) is 0 Å². The standard InChI is InChI=1S/C16H28N2O3/c1-5-8-12-9-13(16(20)21)18-15(12)14(17-10(4)19)11(6-2)7-3/h5,8,11-15,18H,6-7,9H2,1-4H3,(H,17,19)(H,20,21)/t12-,13-,14+,15-/m1/s1. The lowest BCUT2D eigenvalue weighted by Gasteiger charge is -2.34. The third-order valence-electron chi connectivity index (χ3n) is 4.41. The summed E-state index contributed by atoms with van der Waals surface area (Å²) < 4.78 is 0. The van der Waals surface area contributed by atoms with Gasteiger partial charge in [0.1, 0.15) is 6.04 Å². The quantitative estimate of drug-likeness (QED) is 0.627. The van der Waals surface area contributed by atoms with Crippen molar-refractivity contribution < 1.29 is 14.7 Å². The molecule has 120 valence electrons. The summed E-state index contributed by atoms with van der Waals surface area (Å²) in [6.07, 6.45) is 6.50. The predicted octanol–water partition coefficient (Wildman–Crippen LogP) is 1.93. The second-order valence-corrected chi connectivity index (χ2v) is 5.81. The van der Waals surface area contributed by atoms with Gasteiger partial charge in [0, 0.05) is 19.0 Å². The summed E-state index contributed by atoms with van der Waals surface area (Å²) in [6.45, 7) is 7.67. The molecular weight excluding hydrogens is 268 g/mol. The lowest BCUT2D eigenvalue weighted by molar-refractivity contribution is -0.139. The number of hydrogen-bond donors (Lipinski definition) is 3. The number of aliphatic carboxylic acids is 1. The van der Waals surface area contributed by atoms with Crippen LogP contribution < -0.4 is 10.6 Å². The normalized spacial score (nSPS) is 27.2. The second-order valence-electron chi connectivity index (χ2n) is 5.81. The first kappa shape index (κ1) is 17.7.